The Kier molecular flexibility index (Phi) is 3.97. The predicted octanol–water partition coefficient (Wildman–Crippen LogP) is 2.78. The van der Waals surface area contributed by atoms with Gasteiger partial charge in [-0.1, -0.05) is 0 Å². The van der Waals surface area contributed by atoms with E-state index in [1.165, 1.54) is 12.1 Å². The van der Waals surface area contributed by atoms with Crippen LogP contribution in [0.4, 0.5) is 8.78 Å². The van der Waals surface area contributed by atoms with Gasteiger partial charge in [-0.05, 0) is 47.4 Å². The van der Waals surface area contributed by atoms with E-state index in [0.29, 0.717) is 13.0 Å². The van der Waals surface area contributed by atoms with E-state index in [9.17, 15) is 13.6 Å². The first-order valence-corrected chi connectivity index (χ1v) is 6.39. The number of carboxylic acids is 1. The van der Waals surface area contributed by atoms with Gasteiger partial charge in [0.15, 0.2) is 0 Å². The van der Waals surface area contributed by atoms with Crippen molar-refractivity contribution in [1.29, 1.82) is 0 Å². The molecule has 1 aromatic carbocycles. The van der Waals surface area contributed by atoms with Crippen LogP contribution in [0.2, 0.25) is 0 Å². The van der Waals surface area contributed by atoms with Gasteiger partial charge in [-0.3, -0.25) is 9.69 Å². The number of nitrogens with zero attached hydrogens (tertiary/aromatic N) is 1. The zero-order valence-electron chi connectivity index (χ0n) is 9.50. The molecule has 1 atom stereocenters. The zero-order valence-corrected chi connectivity index (χ0v) is 11.1. The minimum absolute atomic E-state index is 0.0198. The van der Waals surface area contributed by atoms with E-state index in [-0.39, 0.29) is 16.6 Å². The lowest BCUT2D eigenvalue weighted by molar-refractivity contribution is -0.142. The average Bonchev–Trinajstić information content (AvgIpc) is 2.78. The van der Waals surface area contributed by atoms with Crippen LogP contribution in [-0.2, 0) is 11.3 Å². The van der Waals surface area contributed by atoms with Crippen molar-refractivity contribution < 1.29 is 18.7 Å². The second kappa shape index (κ2) is 5.32. The van der Waals surface area contributed by atoms with Gasteiger partial charge in [0.25, 0.3) is 0 Å². The van der Waals surface area contributed by atoms with Gasteiger partial charge < -0.3 is 5.11 Å². The summed E-state index contributed by atoms with van der Waals surface area (Å²) in [6.45, 7) is 0.524. The summed E-state index contributed by atoms with van der Waals surface area (Å²) in [7, 11) is 0. The monoisotopic (exact) mass is 319 g/mol. The standard InChI is InChI=1S/C12H12BrF2NO2/c13-8-3-4-9(14)7(11(8)15)6-16-5-1-2-10(16)12(17)18/h3-4,10H,1-2,5-6H2,(H,17,18). The SMILES string of the molecule is O=C(O)C1CCCN1Cc1c(F)ccc(Br)c1F. The molecule has 18 heavy (non-hydrogen) atoms. The summed E-state index contributed by atoms with van der Waals surface area (Å²) in [5.74, 6) is -2.25. The van der Waals surface area contributed by atoms with Gasteiger partial charge in [-0.15, -0.1) is 0 Å². The normalized spacial score (nSPS) is 20.3. The van der Waals surface area contributed by atoms with Crippen molar-refractivity contribution in [2.24, 2.45) is 0 Å². The summed E-state index contributed by atoms with van der Waals surface area (Å²) < 4.78 is 27.5. The molecule has 1 heterocycles. The molecule has 1 N–H and O–H groups in total. The lowest BCUT2D eigenvalue weighted by Gasteiger charge is -2.21. The van der Waals surface area contributed by atoms with E-state index >= 15 is 0 Å². The molecule has 0 aromatic heterocycles. The topological polar surface area (TPSA) is 40.5 Å². The fraction of sp³-hybridized carbons (Fsp3) is 0.417. The van der Waals surface area contributed by atoms with E-state index in [0.717, 1.165) is 6.42 Å². The Balaban J connectivity index is 2.24. The van der Waals surface area contributed by atoms with E-state index in [1.54, 1.807) is 4.90 Å². The summed E-state index contributed by atoms with van der Waals surface area (Å²) >= 11 is 3.00. The molecule has 1 unspecified atom stereocenters. The molecule has 98 valence electrons. The van der Waals surface area contributed by atoms with Crippen LogP contribution in [0.5, 0.6) is 0 Å². The highest BCUT2D eigenvalue weighted by molar-refractivity contribution is 9.10. The van der Waals surface area contributed by atoms with Crippen molar-refractivity contribution >= 4 is 21.9 Å². The van der Waals surface area contributed by atoms with Crippen molar-refractivity contribution in [3.05, 3.63) is 33.8 Å². The van der Waals surface area contributed by atoms with Crippen LogP contribution in [0.1, 0.15) is 18.4 Å². The number of aliphatic carboxylic acids is 1. The lowest BCUT2D eigenvalue weighted by atomic mass is 10.1. The third kappa shape index (κ3) is 2.54. The van der Waals surface area contributed by atoms with Crippen LogP contribution in [0, 0.1) is 11.6 Å². The van der Waals surface area contributed by atoms with E-state index in [4.69, 9.17) is 5.11 Å². The van der Waals surface area contributed by atoms with Gasteiger partial charge in [0.2, 0.25) is 0 Å². The Hall–Kier alpha value is -1.01. The molecule has 1 aliphatic heterocycles. The van der Waals surface area contributed by atoms with Gasteiger partial charge in [0.05, 0.1) is 4.47 Å². The maximum atomic E-state index is 13.8. The number of rotatable bonds is 3. The third-order valence-electron chi connectivity index (χ3n) is 3.15. The van der Waals surface area contributed by atoms with Crippen LogP contribution in [0.3, 0.4) is 0 Å². The average molecular weight is 320 g/mol. The molecule has 1 saturated heterocycles. The minimum Gasteiger partial charge on any atom is -0.480 e. The highest BCUT2D eigenvalue weighted by Crippen LogP contribution is 2.26. The molecule has 0 amide bonds. The van der Waals surface area contributed by atoms with E-state index in [1.807, 2.05) is 0 Å². The van der Waals surface area contributed by atoms with E-state index < -0.39 is 23.6 Å². The largest absolute Gasteiger partial charge is 0.480 e. The number of likely N-dealkylation sites (tertiary alicyclic amines) is 1. The lowest BCUT2D eigenvalue weighted by Crippen LogP contribution is -2.35. The van der Waals surface area contributed by atoms with Crippen molar-refractivity contribution in [3.63, 3.8) is 0 Å². The third-order valence-corrected chi connectivity index (χ3v) is 3.76. The predicted molar refractivity (Wildman–Crippen MR) is 65.1 cm³/mol. The molecule has 2 rings (SSSR count). The van der Waals surface area contributed by atoms with Gasteiger partial charge >= 0.3 is 5.97 Å². The maximum Gasteiger partial charge on any atom is 0.320 e. The van der Waals surface area contributed by atoms with Crippen molar-refractivity contribution in [3.8, 4) is 0 Å². The van der Waals surface area contributed by atoms with Gasteiger partial charge in [0.1, 0.15) is 17.7 Å². The first-order valence-electron chi connectivity index (χ1n) is 5.60. The van der Waals surface area contributed by atoms with Crippen LogP contribution < -0.4 is 0 Å². The number of hydrogen-bond donors (Lipinski definition) is 1. The second-order valence-electron chi connectivity index (χ2n) is 4.29. The summed E-state index contributed by atoms with van der Waals surface area (Å²) in [5, 5.41) is 9.02. The Morgan fingerprint density at radius 1 is 1.50 bits per heavy atom. The summed E-state index contributed by atoms with van der Waals surface area (Å²) in [4.78, 5) is 12.6. The second-order valence-corrected chi connectivity index (χ2v) is 5.14. The van der Waals surface area contributed by atoms with Gasteiger partial charge in [-0.2, -0.15) is 0 Å². The maximum absolute atomic E-state index is 13.8. The smallest absolute Gasteiger partial charge is 0.320 e. The summed E-state index contributed by atoms with van der Waals surface area (Å²) in [5.41, 5.74) is -0.0856. The number of carbonyl (C=O) groups is 1. The number of hydrogen-bond acceptors (Lipinski definition) is 2. The number of halogens is 3. The summed E-state index contributed by atoms with van der Waals surface area (Å²) in [6.07, 6.45) is 1.25. The Bertz CT molecular complexity index is 481. The molecule has 0 spiro atoms. The molecule has 1 aliphatic rings. The zero-order chi connectivity index (χ0) is 13.3. The fourth-order valence-electron chi connectivity index (χ4n) is 2.21. The van der Waals surface area contributed by atoms with Gasteiger partial charge in [0, 0.05) is 12.1 Å². The van der Waals surface area contributed by atoms with Crippen molar-refractivity contribution in [2.75, 3.05) is 6.54 Å². The molecule has 0 radical (unpaired) electrons. The Morgan fingerprint density at radius 3 is 2.89 bits per heavy atom. The molecular weight excluding hydrogens is 308 g/mol. The van der Waals surface area contributed by atoms with E-state index in [2.05, 4.69) is 15.9 Å². The van der Waals surface area contributed by atoms with Crippen LogP contribution in [0.15, 0.2) is 16.6 Å². The molecule has 1 fully saturated rings. The minimum atomic E-state index is -0.941. The quantitative estimate of drug-likeness (QED) is 0.871. The molecule has 3 nitrogen and oxygen atoms in total. The van der Waals surface area contributed by atoms with Gasteiger partial charge in [-0.25, -0.2) is 8.78 Å². The number of benzene rings is 1. The molecule has 6 heteroatoms. The Morgan fingerprint density at radius 2 is 2.22 bits per heavy atom. The van der Waals surface area contributed by atoms with Crippen LogP contribution in [-0.4, -0.2) is 28.6 Å². The fourth-order valence-corrected chi connectivity index (χ4v) is 2.58. The van der Waals surface area contributed by atoms with Crippen LogP contribution in [0.25, 0.3) is 0 Å². The summed E-state index contributed by atoms with van der Waals surface area (Å²) in [6, 6.07) is 1.82. The molecule has 0 bridgehead atoms. The number of carboxylic acid groups (broad SMARTS) is 1. The highest BCUT2D eigenvalue weighted by Gasteiger charge is 2.31. The Labute approximate surface area is 112 Å². The van der Waals surface area contributed by atoms with Crippen LogP contribution >= 0.6 is 15.9 Å². The van der Waals surface area contributed by atoms with Crippen molar-refractivity contribution in [1.82, 2.24) is 4.90 Å². The molecule has 0 aliphatic carbocycles. The molecule has 1 aromatic rings. The molecule has 0 saturated carbocycles. The first-order chi connectivity index (χ1) is 8.50. The highest BCUT2D eigenvalue weighted by atomic mass is 79.9. The first kappa shape index (κ1) is 13.4. The molecular formula is C12H12BrF2NO2. The van der Waals surface area contributed by atoms with Crippen molar-refractivity contribution in [2.45, 2.75) is 25.4 Å².